The number of carbonyl (C=O) groups excluding carboxylic acids is 1. The van der Waals surface area contributed by atoms with Crippen molar-refractivity contribution in [2.24, 2.45) is 4.99 Å². The Labute approximate surface area is 149 Å². The molecule has 2 N–H and O–H groups in total. The molecular formula is C18H19N3O3S. The number of aliphatic imine (C=N–C) groups is 1. The molecule has 0 aliphatic carbocycles. The number of ether oxygens (including phenoxy) is 1. The summed E-state index contributed by atoms with van der Waals surface area (Å²) in [7, 11) is 0. The van der Waals surface area contributed by atoms with Crippen molar-refractivity contribution in [1.82, 2.24) is 10.3 Å². The van der Waals surface area contributed by atoms with Gasteiger partial charge < -0.3 is 15.2 Å². The molecule has 0 fully saturated rings. The number of nitrogens with one attached hydrogen (secondary N) is 1. The largest absolute Gasteiger partial charge is 0.508 e. The second-order valence-corrected chi connectivity index (χ2v) is 6.67. The van der Waals surface area contributed by atoms with Crippen molar-refractivity contribution in [3.8, 4) is 5.75 Å². The maximum atomic E-state index is 12.5. The van der Waals surface area contributed by atoms with Gasteiger partial charge in [-0.3, -0.25) is 4.99 Å². The lowest BCUT2D eigenvalue weighted by Crippen LogP contribution is -2.33. The highest BCUT2D eigenvalue weighted by molar-refractivity contribution is 7.09. The molecule has 1 aromatic heterocycles. The number of esters is 1. The summed E-state index contributed by atoms with van der Waals surface area (Å²) in [4.78, 5) is 21.6. The van der Waals surface area contributed by atoms with Crippen LogP contribution in [0.5, 0.6) is 5.75 Å². The van der Waals surface area contributed by atoms with E-state index >= 15 is 0 Å². The minimum absolute atomic E-state index is 0.123. The van der Waals surface area contributed by atoms with E-state index in [1.807, 2.05) is 25.3 Å². The highest BCUT2D eigenvalue weighted by Crippen LogP contribution is 2.33. The van der Waals surface area contributed by atoms with E-state index in [0.29, 0.717) is 22.7 Å². The van der Waals surface area contributed by atoms with Crippen LogP contribution in [0.3, 0.4) is 0 Å². The van der Waals surface area contributed by atoms with E-state index in [2.05, 4.69) is 10.3 Å². The van der Waals surface area contributed by atoms with Crippen molar-refractivity contribution < 1.29 is 14.6 Å². The van der Waals surface area contributed by atoms with E-state index in [1.165, 1.54) is 11.3 Å². The summed E-state index contributed by atoms with van der Waals surface area (Å²) < 4.78 is 5.20. The fourth-order valence-electron chi connectivity index (χ4n) is 2.69. The number of aryl methyl sites for hydroxylation is 1. The van der Waals surface area contributed by atoms with Crippen molar-refractivity contribution in [3.05, 3.63) is 57.2 Å². The molecule has 1 aliphatic heterocycles. The van der Waals surface area contributed by atoms with Crippen LogP contribution in [0.15, 0.2) is 45.9 Å². The summed E-state index contributed by atoms with van der Waals surface area (Å²) in [5.41, 5.74) is 2.55. The standard InChI is InChI=1S/C18H19N3O3S/c1-4-24-18(23)15-10(2)19-17(14-9-25-11(3)20-14)21-16(15)12-6-5-7-13(22)8-12/h5-9,16,22H,4H2,1-3H3,(H,19,21)/t16-/m1/s1. The van der Waals surface area contributed by atoms with Gasteiger partial charge in [0.25, 0.3) is 0 Å². The molecule has 6 nitrogen and oxygen atoms in total. The average Bonchev–Trinajstić information content (AvgIpc) is 3.00. The number of benzene rings is 1. The zero-order valence-electron chi connectivity index (χ0n) is 14.2. The van der Waals surface area contributed by atoms with Gasteiger partial charge in [-0.05, 0) is 38.5 Å². The summed E-state index contributed by atoms with van der Waals surface area (Å²) >= 11 is 1.53. The number of carbonyl (C=O) groups is 1. The Morgan fingerprint density at radius 3 is 2.84 bits per heavy atom. The maximum Gasteiger partial charge on any atom is 0.338 e. The van der Waals surface area contributed by atoms with Crippen LogP contribution in [0, 0.1) is 6.92 Å². The second kappa shape index (κ2) is 7.06. The Kier molecular flexibility index (Phi) is 4.85. The normalized spacial score (nSPS) is 17.1. The van der Waals surface area contributed by atoms with Gasteiger partial charge in [0.2, 0.25) is 0 Å². The number of phenolic OH excluding ortho intramolecular Hbond substituents is 1. The van der Waals surface area contributed by atoms with E-state index in [-0.39, 0.29) is 12.4 Å². The van der Waals surface area contributed by atoms with Crippen LogP contribution in [-0.4, -0.2) is 28.5 Å². The number of nitrogens with zero attached hydrogens (tertiary/aromatic N) is 2. The van der Waals surface area contributed by atoms with E-state index in [4.69, 9.17) is 9.73 Å². The SMILES string of the molecule is CCOC(=O)C1=C(C)NC(c2csc(C)n2)=N[C@@H]1c1cccc(O)c1. The Morgan fingerprint density at radius 1 is 1.40 bits per heavy atom. The number of aromatic hydroxyl groups is 1. The molecule has 0 bridgehead atoms. The third kappa shape index (κ3) is 3.56. The molecule has 3 rings (SSSR count). The first kappa shape index (κ1) is 17.2. The van der Waals surface area contributed by atoms with Gasteiger partial charge in [-0.15, -0.1) is 11.3 Å². The predicted molar refractivity (Wildman–Crippen MR) is 96.7 cm³/mol. The van der Waals surface area contributed by atoms with Gasteiger partial charge in [0, 0.05) is 11.1 Å². The molecule has 2 heterocycles. The zero-order valence-corrected chi connectivity index (χ0v) is 15.1. The summed E-state index contributed by atoms with van der Waals surface area (Å²) in [6.07, 6.45) is 0. The van der Waals surface area contributed by atoms with Gasteiger partial charge in [-0.1, -0.05) is 12.1 Å². The van der Waals surface area contributed by atoms with Crippen molar-refractivity contribution in [2.75, 3.05) is 6.61 Å². The van der Waals surface area contributed by atoms with E-state index < -0.39 is 12.0 Å². The van der Waals surface area contributed by atoms with Crippen LogP contribution in [0.2, 0.25) is 0 Å². The van der Waals surface area contributed by atoms with Crippen LogP contribution < -0.4 is 5.32 Å². The van der Waals surface area contributed by atoms with Gasteiger partial charge in [-0.2, -0.15) is 0 Å². The highest BCUT2D eigenvalue weighted by atomic mass is 32.1. The lowest BCUT2D eigenvalue weighted by molar-refractivity contribution is -0.138. The summed E-state index contributed by atoms with van der Waals surface area (Å²) in [5.74, 6) is 0.305. The molecule has 0 spiro atoms. The number of hydrogen-bond acceptors (Lipinski definition) is 7. The lowest BCUT2D eigenvalue weighted by Gasteiger charge is -2.25. The van der Waals surface area contributed by atoms with Gasteiger partial charge >= 0.3 is 5.97 Å². The quantitative estimate of drug-likeness (QED) is 0.822. The van der Waals surface area contributed by atoms with Crippen molar-refractivity contribution >= 4 is 23.1 Å². The average molecular weight is 357 g/mol. The molecular weight excluding hydrogens is 338 g/mol. The topological polar surface area (TPSA) is 83.8 Å². The highest BCUT2D eigenvalue weighted by Gasteiger charge is 2.31. The van der Waals surface area contributed by atoms with Crippen molar-refractivity contribution in [1.29, 1.82) is 0 Å². The predicted octanol–water partition coefficient (Wildman–Crippen LogP) is 3.09. The van der Waals surface area contributed by atoms with E-state index in [0.717, 1.165) is 10.7 Å². The first-order valence-electron chi connectivity index (χ1n) is 7.93. The third-order valence-corrected chi connectivity index (χ3v) is 4.56. The molecule has 1 aliphatic rings. The fourth-order valence-corrected chi connectivity index (χ4v) is 3.29. The lowest BCUT2D eigenvalue weighted by atomic mass is 9.95. The molecule has 7 heteroatoms. The Bertz CT molecular complexity index is 870. The number of phenols is 1. The van der Waals surface area contributed by atoms with Gasteiger partial charge in [0.15, 0.2) is 5.84 Å². The fraction of sp³-hybridized carbons (Fsp3) is 0.278. The Hall–Kier alpha value is -2.67. The van der Waals surface area contributed by atoms with Crippen LogP contribution >= 0.6 is 11.3 Å². The molecule has 0 amide bonds. The number of hydrogen-bond donors (Lipinski definition) is 2. The van der Waals surface area contributed by atoms with Gasteiger partial charge in [0.05, 0.1) is 17.2 Å². The van der Waals surface area contributed by atoms with Crippen molar-refractivity contribution in [2.45, 2.75) is 26.8 Å². The van der Waals surface area contributed by atoms with Gasteiger partial charge in [-0.25, -0.2) is 9.78 Å². The first-order chi connectivity index (χ1) is 12.0. The summed E-state index contributed by atoms with van der Waals surface area (Å²) in [5, 5.41) is 15.8. The third-order valence-electron chi connectivity index (χ3n) is 3.78. The molecule has 2 aromatic rings. The first-order valence-corrected chi connectivity index (χ1v) is 8.81. The maximum absolute atomic E-state index is 12.5. The minimum atomic E-state index is -0.565. The number of amidine groups is 1. The van der Waals surface area contributed by atoms with Crippen LogP contribution in [0.1, 0.15) is 36.2 Å². The van der Waals surface area contributed by atoms with E-state index in [1.54, 1.807) is 25.1 Å². The monoisotopic (exact) mass is 357 g/mol. The van der Waals surface area contributed by atoms with Gasteiger partial charge in [0.1, 0.15) is 17.5 Å². The molecule has 0 saturated heterocycles. The molecule has 0 radical (unpaired) electrons. The smallest absolute Gasteiger partial charge is 0.338 e. The summed E-state index contributed by atoms with van der Waals surface area (Å²) in [6.45, 7) is 5.79. The minimum Gasteiger partial charge on any atom is -0.508 e. The summed E-state index contributed by atoms with van der Waals surface area (Å²) in [6, 6.07) is 6.18. The molecule has 25 heavy (non-hydrogen) atoms. The van der Waals surface area contributed by atoms with E-state index in [9.17, 15) is 9.90 Å². The van der Waals surface area contributed by atoms with Crippen LogP contribution in [0.25, 0.3) is 0 Å². The number of allylic oxidation sites excluding steroid dienone is 1. The molecule has 1 aromatic carbocycles. The molecule has 1 atom stereocenters. The Balaban J connectivity index is 2.08. The number of rotatable bonds is 4. The molecule has 130 valence electrons. The number of thiazole rings is 1. The van der Waals surface area contributed by atoms with Crippen LogP contribution in [-0.2, 0) is 9.53 Å². The number of aromatic nitrogens is 1. The van der Waals surface area contributed by atoms with Crippen LogP contribution in [0.4, 0.5) is 0 Å². The zero-order chi connectivity index (χ0) is 18.0. The molecule has 0 unspecified atom stereocenters. The second-order valence-electron chi connectivity index (χ2n) is 5.61. The van der Waals surface area contributed by atoms with Crippen molar-refractivity contribution in [3.63, 3.8) is 0 Å². The molecule has 0 saturated carbocycles. The Morgan fingerprint density at radius 2 is 2.20 bits per heavy atom.